The van der Waals surface area contributed by atoms with Crippen molar-refractivity contribution >= 4 is 0 Å². The Bertz CT molecular complexity index is 256. The van der Waals surface area contributed by atoms with E-state index in [-0.39, 0.29) is 6.10 Å². The predicted octanol–water partition coefficient (Wildman–Crippen LogP) is 2.18. The maximum absolute atomic E-state index is 5.30. The van der Waals surface area contributed by atoms with Crippen LogP contribution in [0.5, 0.6) is 5.88 Å². The van der Waals surface area contributed by atoms with E-state index in [9.17, 15) is 0 Å². The van der Waals surface area contributed by atoms with Crippen molar-refractivity contribution in [3.63, 3.8) is 0 Å². The Labute approximate surface area is 84.2 Å². The van der Waals surface area contributed by atoms with Gasteiger partial charge in [0.2, 0.25) is 0 Å². The summed E-state index contributed by atoms with van der Waals surface area (Å²) in [6.07, 6.45) is 1.33. The Morgan fingerprint density at radius 1 is 1.57 bits per heavy atom. The minimum absolute atomic E-state index is 0.252. The molecule has 1 aromatic heterocycles. The minimum atomic E-state index is 0.252. The van der Waals surface area contributed by atoms with Crippen LogP contribution in [0.15, 0.2) is 10.6 Å². The van der Waals surface area contributed by atoms with Gasteiger partial charge in [0.25, 0.3) is 5.88 Å². The first-order valence-electron chi connectivity index (χ1n) is 5.02. The van der Waals surface area contributed by atoms with Gasteiger partial charge in [0, 0.05) is 19.1 Å². The third kappa shape index (κ3) is 3.03. The van der Waals surface area contributed by atoms with E-state index >= 15 is 0 Å². The molecule has 2 rings (SSSR count). The zero-order chi connectivity index (χ0) is 10.4. The molecule has 80 valence electrons. The summed E-state index contributed by atoms with van der Waals surface area (Å²) < 4.78 is 15.3. The smallest absolute Gasteiger partial charge is 0.254 e. The van der Waals surface area contributed by atoms with E-state index in [1.54, 1.807) is 6.07 Å². The molecule has 0 radical (unpaired) electrons. The van der Waals surface area contributed by atoms with E-state index in [0.29, 0.717) is 12.5 Å². The van der Waals surface area contributed by atoms with E-state index in [0.717, 1.165) is 18.8 Å². The summed E-state index contributed by atoms with van der Waals surface area (Å²) in [5.41, 5.74) is 0. The summed E-state index contributed by atoms with van der Waals surface area (Å²) in [5.74, 6) is 1.31. The van der Waals surface area contributed by atoms with E-state index in [1.165, 1.54) is 0 Å². The summed E-state index contributed by atoms with van der Waals surface area (Å²) in [7, 11) is 0. The molecule has 1 aromatic rings. The van der Waals surface area contributed by atoms with Crippen molar-refractivity contribution < 1.29 is 14.0 Å². The Kier molecular flexibility index (Phi) is 4.46. The van der Waals surface area contributed by atoms with Gasteiger partial charge in [-0.3, -0.25) is 0 Å². The largest absolute Gasteiger partial charge is 0.473 e. The van der Waals surface area contributed by atoms with Crippen LogP contribution in [0.4, 0.5) is 0 Å². The quantitative estimate of drug-likeness (QED) is 0.748. The predicted molar refractivity (Wildman–Crippen MR) is 52.4 cm³/mol. The summed E-state index contributed by atoms with van der Waals surface area (Å²) in [6.45, 7) is 7.26. The fourth-order valence-electron chi connectivity index (χ4n) is 1.01. The highest BCUT2D eigenvalue weighted by atomic mass is 16.6. The van der Waals surface area contributed by atoms with Crippen LogP contribution in [0.2, 0.25) is 0 Å². The molecule has 0 aromatic carbocycles. The third-order valence-corrected chi connectivity index (χ3v) is 1.82. The van der Waals surface area contributed by atoms with Crippen molar-refractivity contribution in [1.29, 1.82) is 0 Å². The van der Waals surface area contributed by atoms with Gasteiger partial charge in [-0.05, 0) is 12.1 Å². The molecule has 1 fully saturated rings. The molecule has 2 heterocycles. The van der Waals surface area contributed by atoms with Gasteiger partial charge in [-0.2, -0.15) is 0 Å². The second-order valence-corrected chi connectivity index (χ2v) is 2.87. The Morgan fingerprint density at radius 3 is 2.71 bits per heavy atom. The highest BCUT2D eigenvalue weighted by Crippen LogP contribution is 2.14. The fourth-order valence-corrected chi connectivity index (χ4v) is 1.01. The van der Waals surface area contributed by atoms with Gasteiger partial charge in [0.1, 0.15) is 12.4 Å². The molecule has 0 bridgehead atoms. The van der Waals surface area contributed by atoms with Crippen molar-refractivity contribution in [2.45, 2.75) is 33.3 Å². The van der Waals surface area contributed by atoms with Gasteiger partial charge in [-0.25, -0.2) is 0 Å². The molecule has 0 spiro atoms. The second-order valence-electron chi connectivity index (χ2n) is 2.87. The van der Waals surface area contributed by atoms with Crippen LogP contribution < -0.4 is 4.74 Å². The first-order valence-corrected chi connectivity index (χ1v) is 5.02. The van der Waals surface area contributed by atoms with Crippen molar-refractivity contribution in [3.8, 4) is 5.88 Å². The molecule has 1 aliphatic heterocycles. The van der Waals surface area contributed by atoms with Gasteiger partial charge in [-0.15, -0.1) is 0 Å². The number of hydrogen-bond donors (Lipinski definition) is 0. The van der Waals surface area contributed by atoms with E-state index in [1.807, 2.05) is 20.8 Å². The number of aromatic nitrogens is 1. The molecule has 4 heteroatoms. The molecule has 0 N–H and O–H groups in total. The lowest BCUT2D eigenvalue weighted by Crippen LogP contribution is -2.32. The molecule has 4 nitrogen and oxygen atoms in total. The lowest BCUT2D eigenvalue weighted by molar-refractivity contribution is -0.0730. The molecule has 0 aliphatic carbocycles. The van der Waals surface area contributed by atoms with E-state index < -0.39 is 0 Å². The van der Waals surface area contributed by atoms with Gasteiger partial charge in [0.05, 0.1) is 6.10 Å². The third-order valence-electron chi connectivity index (χ3n) is 1.82. The highest BCUT2D eigenvalue weighted by Gasteiger charge is 2.19. The van der Waals surface area contributed by atoms with Crippen molar-refractivity contribution in [1.82, 2.24) is 5.16 Å². The lowest BCUT2D eigenvalue weighted by atomic mass is 10.2. The molecule has 1 saturated heterocycles. The summed E-state index contributed by atoms with van der Waals surface area (Å²) >= 11 is 0. The zero-order valence-corrected chi connectivity index (χ0v) is 8.95. The lowest BCUT2D eigenvalue weighted by Gasteiger charge is -2.25. The Morgan fingerprint density at radius 2 is 2.29 bits per heavy atom. The van der Waals surface area contributed by atoms with Crippen LogP contribution in [0.1, 0.15) is 26.0 Å². The molecule has 0 saturated carbocycles. The summed E-state index contributed by atoms with van der Waals surface area (Å²) in [4.78, 5) is 0. The maximum Gasteiger partial charge on any atom is 0.254 e. The first kappa shape index (κ1) is 11.0. The monoisotopic (exact) mass is 199 g/mol. The summed E-state index contributed by atoms with van der Waals surface area (Å²) in [5, 5.41) is 3.69. The zero-order valence-electron chi connectivity index (χ0n) is 8.95. The Hall–Kier alpha value is -1.03. The number of rotatable bonds is 3. The van der Waals surface area contributed by atoms with Crippen molar-refractivity contribution in [2.75, 3.05) is 13.2 Å². The van der Waals surface area contributed by atoms with Crippen LogP contribution in [0.25, 0.3) is 0 Å². The van der Waals surface area contributed by atoms with E-state index in [2.05, 4.69) is 5.16 Å². The maximum atomic E-state index is 5.30. The number of aryl methyl sites for hydroxylation is 1. The molecule has 1 atom stereocenters. The molecule has 14 heavy (non-hydrogen) atoms. The SMILES string of the molecule is CC.Cc1cc(OCC2CCO2)no1. The van der Waals surface area contributed by atoms with Crippen LogP contribution in [0.3, 0.4) is 0 Å². The molecular formula is C10H17NO3. The fraction of sp³-hybridized carbons (Fsp3) is 0.700. The van der Waals surface area contributed by atoms with Gasteiger partial charge >= 0.3 is 0 Å². The van der Waals surface area contributed by atoms with Crippen LogP contribution in [-0.4, -0.2) is 24.5 Å². The van der Waals surface area contributed by atoms with Crippen LogP contribution >= 0.6 is 0 Å². The first-order chi connectivity index (χ1) is 6.84. The average molecular weight is 199 g/mol. The highest BCUT2D eigenvalue weighted by molar-refractivity contribution is 5.09. The standard InChI is InChI=1S/C8H11NO3.C2H6/c1-6-4-8(9-12-6)11-5-7-2-3-10-7;1-2/h4,7H,2-3,5H2,1H3;1-2H3. The molecule has 1 unspecified atom stereocenters. The van der Waals surface area contributed by atoms with E-state index in [4.69, 9.17) is 14.0 Å². The summed E-state index contributed by atoms with van der Waals surface area (Å²) in [6, 6.07) is 1.76. The number of nitrogens with zero attached hydrogens (tertiary/aromatic N) is 1. The van der Waals surface area contributed by atoms with Crippen molar-refractivity contribution in [2.24, 2.45) is 0 Å². The second kappa shape index (κ2) is 5.65. The molecule has 0 amide bonds. The van der Waals surface area contributed by atoms with Crippen LogP contribution in [-0.2, 0) is 4.74 Å². The number of hydrogen-bond acceptors (Lipinski definition) is 4. The molecule has 1 aliphatic rings. The molecular weight excluding hydrogens is 182 g/mol. The minimum Gasteiger partial charge on any atom is -0.473 e. The topological polar surface area (TPSA) is 44.5 Å². The van der Waals surface area contributed by atoms with Gasteiger partial charge in [0.15, 0.2) is 0 Å². The van der Waals surface area contributed by atoms with Gasteiger partial charge < -0.3 is 14.0 Å². The van der Waals surface area contributed by atoms with Crippen LogP contribution in [0, 0.1) is 6.92 Å². The van der Waals surface area contributed by atoms with Gasteiger partial charge in [-0.1, -0.05) is 13.8 Å². The van der Waals surface area contributed by atoms with Crippen molar-refractivity contribution in [3.05, 3.63) is 11.8 Å². The Balaban J connectivity index is 0.000000461. The normalized spacial score (nSPS) is 19.2. The average Bonchev–Trinajstić information content (AvgIpc) is 2.53. The number of ether oxygens (including phenoxy) is 2.